The number of nitrogens with one attached hydrogen (secondary N) is 1. The maximum atomic E-state index is 12.4. The number of aryl methyl sites for hydroxylation is 1. The molecular formula is C20H24N2O5S. The normalized spacial score (nSPS) is 12.5. The van der Waals surface area contributed by atoms with E-state index in [9.17, 15) is 18.0 Å². The zero-order valence-electron chi connectivity index (χ0n) is 16.5. The summed E-state index contributed by atoms with van der Waals surface area (Å²) in [6.45, 7) is 5.16. The third kappa shape index (κ3) is 4.76. The SMILES string of the molecule is Cc1cccc(C(=O)O[C@H](C)C(=O)Nc2cccc(S(=O)(=O)N(C)C)c2)c1C. The van der Waals surface area contributed by atoms with Crippen LogP contribution in [0.25, 0.3) is 0 Å². The number of anilines is 1. The number of benzene rings is 2. The largest absolute Gasteiger partial charge is 0.449 e. The minimum Gasteiger partial charge on any atom is -0.449 e. The van der Waals surface area contributed by atoms with Gasteiger partial charge in [-0.15, -0.1) is 0 Å². The van der Waals surface area contributed by atoms with E-state index in [1.54, 1.807) is 18.2 Å². The van der Waals surface area contributed by atoms with Crippen molar-refractivity contribution in [3.63, 3.8) is 0 Å². The predicted molar refractivity (Wildman–Crippen MR) is 107 cm³/mol. The number of esters is 1. The lowest BCUT2D eigenvalue weighted by Gasteiger charge is -2.16. The van der Waals surface area contributed by atoms with Crippen molar-refractivity contribution in [2.45, 2.75) is 31.8 Å². The van der Waals surface area contributed by atoms with Gasteiger partial charge in [0, 0.05) is 19.8 Å². The molecule has 7 nitrogen and oxygen atoms in total. The summed E-state index contributed by atoms with van der Waals surface area (Å²) in [5, 5.41) is 2.58. The van der Waals surface area contributed by atoms with Crippen molar-refractivity contribution in [1.82, 2.24) is 4.31 Å². The average Bonchev–Trinajstić information content (AvgIpc) is 2.63. The quantitative estimate of drug-likeness (QED) is 0.748. The Kier molecular flexibility index (Phi) is 6.58. The molecule has 0 spiro atoms. The predicted octanol–water partition coefficient (Wildman–Crippen LogP) is 2.74. The van der Waals surface area contributed by atoms with Crippen LogP contribution in [0.2, 0.25) is 0 Å². The second kappa shape index (κ2) is 8.53. The molecule has 0 bridgehead atoms. The monoisotopic (exact) mass is 404 g/mol. The van der Waals surface area contributed by atoms with Gasteiger partial charge in [-0.1, -0.05) is 18.2 Å². The number of hydrogen-bond donors (Lipinski definition) is 1. The fourth-order valence-electron chi connectivity index (χ4n) is 2.44. The summed E-state index contributed by atoms with van der Waals surface area (Å²) in [7, 11) is -0.771. The van der Waals surface area contributed by atoms with Crippen molar-refractivity contribution >= 4 is 27.6 Å². The highest BCUT2D eigenvalue weighted by Crippen LogP contribution is 2.19. The maximum absolute atomic E-state index is 12.4. The van der Waals surface area contributed by atoms with Gasteiger partial charge in [0.1, 0.15) is 0 Å². The van der Waals surface area contributed by atoms with Crippen LogP contribution in [0.4, 0.5) is 5.69 Å². The van der Waals surface area contributed by atoms with E-state index in [0.717, 1.165) is 15.4 Å². The van der Waals surface area contributed by atoms with Gasteiger partial charge >= 0.3 is 5.97 Å². The summed E-state index contributed by atoms with van der Waals surface area (Å²) in [5.74, 6) is -1.15. The van der Waals surface area contributed by atoms with Gasteiger partial charge < -0.3 is 10.1 Å². The lowest BCUT2D eigenvalue weighted by atomic mass is 10.0. The van der Waals surface area contributed by atoms with Crippen LogP contribution in [0, 0.1) is 13.8 Å². The van der Waals surface area contributed by atoms with Crippen molar-refractivity contribution in [3.05, 3.63) is 59.2 Å². The molecule has 0 saturated heterocycles. The smallest absolute Gasteiger partial charge is 0.339 e. The third-order valence-corrected chi connectivity index (χ3v) is 6.17. The Balaban J connectivity index is 2.11. The van der Waals surface area contributed by atoms with E-state index in [0.29, 0.717) is 11.3 Å². The van der Waals surface area contributed by atoms with Gasteiger partial charge in [-0.05, 0) is 56.2 Å². The Hall–Kier alpha value is -2.71. The standard InChI is InChI=1S/C20H24N2O5S/c1-13-8-6-11-18(14(13)2)20(24)27-15(3)19(23)21-16-9-7-10-17(12-16)28(25,26)22(4)5/h6-12,15H,1-5H3,(H,21,23)/t15-/m1/s1. The molecule has 0 heterocycles. The molecular weight excluding hydrogens is 380 g/mol. The molecule has 1 atom stereocenters. The molecule has 2 rings (SSSR count). The van der Waals surface area contributed by atoms with E-state index in [1.165, 1.54) is 39.2 Å². The van der Waals surface area contributed by atoms with Crippen molar-refractivity contribution in [1.29, 1.82) is 0 Å². The number of ether oxygens (including phenoxy) is 1. The van der Waals surface area contributed by atoms with Crippen molar-refractivity contribution in [2.75, 3.05) is 19.4 Å². The van der Waals surface area contributed by atoms with E-state index in [4.69, 9.17) is 4.74 Å². The number of nitrogens with zero attached hydrogens (tertiary/aromatic N) is 1. The minimum atomic E-state index is -3.62. The zero-order valence-corrected chi connectivity index (χ0v) is 17.3. The van der Waals surface area contributed by atoms with Crippen molar-refractivity contribution < 1.29 is 22.7 Å². The molecule has 0 saturated carbocycles. The van der Waals surface area contributed by atoms with Crippen LogP contribution in [-0.4, -0.2) is 44.8 Å². The molecule has 0 unspecified atom stereocenters. The Morgan fingerprint density at radius 1 is 1.07 bits per heavy atom. The minimum absolute atomic E-state index is 0.0512. The highest BCUT2D eigenvalue weighted by atomic mass is 32.2. The zero-order chi connectivity index (χ0) is 21.1. The molecule has 2 aromatic carbocycles. The number of rotatable bonds is 6. The van der Waals surface area contributed by atoms with Crippen LogP contribution in [0.15, 0.2) is 47.4 Å². The summed E-state index contributed by atoms with van der Waals surface area (Å²) in [6, 6.07) is 11.2. The van der Waals surface area contributed by atoms with Crippen molar-refractivity contribution in [3.8, 4) is 0 Å². The molecule has 28 heavy (non-hydrogen) atoms. The molecule has 1 N–H and O–H groups in total. The summed E-state index contributed by atoms with van der Waals surface area (Å²) in [4.78, 5) is 24.8. The Labute approximate surface area is 165 Å². The molecule has 0 aromatic heterocycles. The number of amides is 1. The van der Waals surface area contributed by atoms with Crippen LogP contribution in [0.3, 0.4) is 0 Å². The summed E-state index contributed by atoms with van der Waals surface area (Å²) in [6.07, 6.45) is -1.05. The molecule has 0 aliphatic rings. The van der Waals surface area contributed by atoms with E-state index in [-0.39, 0.29) is 4.90 Å². The summed E-state index contributed by atoms with van der Waals surface area (Å²) >= 11 is 0. The molecule has 0 aliphatic heterocycles. The molecule has 0 radical (unpaired) electrons. The van der Waals surface area contributed by atoms with Gasteiger partial charge in [-0.25, -0.2) is 17.5 Å². The second-order valence-electron chi connectivity index (χ2n) is 6.60. The van der Waals surface area contributed by atoms with Crippen LogP contribution >= 0.6 is 0 Å². The number of hydrogen-bond acceptors (Lipinski definition) is 5. The first kappa shape index (κ1) is 21.6. The first-order chi connectivity index (χ1) is 13.0. The van der Waals surface area contributed by atoms with E-state index in [1.807, 2.05) is 19.9 Å². The number of carbonyl (C=O) groups is 2. The number of sulfonamides is 1. The van der Waals surface area contributed by atoms with Crippen LogP contribution < -0.4 is 5.32 Å². The van der Waals surface area contributed by atoms with Crippen molar-refractivity contribution in [2.24, 2.45) is 0 Å². The molecule has 8 heteroatoms. The Morgan fingerprint density at radius 3 is 2.36 bits per heavy atom. The van der Waals surface area contributed by atoms with Gasteiger partial charge in [0.2, 0.25) is 10.0 Å². The summed E-state index contributed by atoms with van der Waals surface area (Å²) in [5.41, 5.74) is 2.44. The fraction of sp³-hybridized carbons (Fsp3) is 0.300. The van der Waals surface area contributed by atoms with E-state index < -0.39 is 28.0 Å². The summed E-state index contributed by atoms with van der Waals surface area (Å²) < 4.78 is 30.8. The Morgan fingerprint density at radius 2 is 1.71 bits per heavy atom. The molecule has 2 aromatic rings. The van der Waals surface area contributed by atoms with Crippen LogP contribution in [-0.2, 0) is 19.6 Å². The van der Waals surface area contributed by atoms with E-state index in [2.05, 4.69) is 5.32 Å². The van der Waals surface area contributed by atoms with Crippen LogP contribution in [0.5, 0.6) is 0 Å². The van der Waals surface area contributed by atoms with Gasteiger partial charge in [0.25, 0.3) is 5.91 Å². The first-order valence-corrected chi connectivity index (χ1v) is 10.1. The first-order valence-electron chi connectivity index (χ1n) is 8.64. The average molecular weight is 404 g/mol. The van der Waals surface area contributed by atoms with Crippen LogP contribution in [0.1, 0.15) is 28.4 Å². The number of carbonyl (C=O) groups excluding carboxylic acids is 2. The molecule has 0 fully saturated rings. The lowest BCUT2D eigenvalue weighted by Crippen LogP contribution is -2.30. The van der Waals surface area contributed by atoms with E-state index >= 15 is 0 Å². The van der Waals surface area contributed by atoms with Gasteiger partial charge in [-0.2, -0.15) is 0 Å². The van der Waals surface area contributed by atoms with Gasteiger partial charge in [0.15, 0.2) is 6.10 Å². The fourth-order valence-corrected chi connectivity index (χ4v) is 3.39. The highest BCUT2D eigenvalue weighted by molar-refractivity contribution is 7.89. The molecule has 1 amide bonds. The Bertz CT molecular complexity index is 999. The highest BCUT2D eigenvalue weighted by Gasteiger charge is 2.22. The third-order valence-electron chi connectivity index (χ3n) is 4.36. The molecule has 0 aliphatic carbocycles. The lowest BCUT2D eigenvalue weighted by molar-refractivity contribution is -0.123. The topological polar surface area (TPSA) is 92.8 Å². The molecule has 150 valence electrons. The second-order valence-corrected chi connectivity index (χ2v) is 8.75. The maximum Gasteiger partial charge on any atom is 0.339 e. The van der Waals surface area contributed by atoms with Gasteiger partial charge in [0.05, 0.1) is 10.5 Å². The van der Waals surface area contributed by atoms with Gasteiger partial charge in [-0.3, -0.25) is 4.79 Å².